The van der Waals surface area contributed by atoms with E-state index in [-0.39, 0.29) is 0 Å². The third kappa shape index (κ3) is 6.19. The van der Waals surface area contributed by atoms with Crippen LogP contribution >= 0.6 is 11.8 Å². The molecule has 0 saturated carbocycles. The summed E-state index contributed by atoms with van der Waals surface area (Å²) in [7, 11) is 1.67. The summed E-state index contributed by atoms with van der Waals surface area (Å²) < 4.78 is 5.15. The summed E-state index contributed by atoms with van der Waals surface area (Å²) >= 11 is 1.84. The van der Waals surface area contributed by atoms with Crippen LogP contribution in [0.4, 0.5) is 0 Å². The first kappa shape index (κ1) is 16.7. The van der Waals surface area contributed by atoms with Crippen molar-refractivity contribution in [2.45, 2.75) is 25.6 Å². The number of ether oxygens (including phenoxy) is 1. The van der Waals surface area contributed by atoms with Crippen LogP contribution in [0.2, 0.25) is 0 Å². The van der Waals surface area contributed by atoms with E-state index in [1.54, 1.807) is 7.11 Å². The molecule has 1 aromatic rings. The molecule has 0 heterocycles. The molecule has 0 radical (unpaired) electrons. The van der Waals surface area contributed by atoms with Crippen molar-refractivity contribution in [2.24, 2.45) is 4.99 Å². The number of nitrogens with one attached hydrogen (secondary N) is 2. The Balaban J connectivity index is 2.56. The number of hydrogen-bond acceptors (Lipinski definition) is 3. The number of rotatable bonds is 7. The highest BCUT2D eigenvalue weighted by molar-refractivity contribution is 7.99. The standard InChI is InChI=1S/C15H25N3OS/c1-5-16-15(17-10-12(2)20-4)18-11-13-6-8-14(19-3)9-7-13/h6-9,12H,5,10-11H2,1-4H3,(H2,16,17,18). The average molecular weight is 295 g/mol. The van der Waals surface area contributed by atoms with Crippen LogP contribution < -0.4 is 15.4 Å². The van der Waals surface area contributed by atoms with E-state index in [2.05, 4.69) is 35.7 Å². The molecular weight excluding hydrogens is 270 g/mol. The van der Waals surface area contributed by atoms with Gasteiger partial charge >= 0.3 is 0 Å². The van der Waals surface area contributed by atoms with Gasteiger partial charge in [0.1, 0.15) is 5.75 Å². The molecule has 1 rings (SSSR count). The molecule has 2 N–H and O–H groups in total. The van der Waals surface area contributed by atoms with Gasteiger partial charge in [-0.1, -0.05) is 19.1 Å². The van der Waals surface area contributed by atoms with E-state index in [9.17, 15) is 0 Å². The van der Waals surface area contributed by atoms with Crippen LogP contribution in [0.5, 0.6) is 5.75 Å². The zero-order valence-corrected chi connectivity index (χ0v) is 13.6. The Morgan fingerprint density at radius 3 is 2.55 bits per heavy atom. The molecule has 0 spiro atoms. The molecule has 1 atom stereocenters. The van der Waals surface area contributed by atoms with Gasteiger partial charge < -0.3 is 15.4 Å². The van der Waals surface area contributed by atoms with E-state index in [1.165, 1.54) is 5.56 Å². The van der Waals surface area contributed by atoms with Gasteiger partial charge in [-0.05, 0) is 30.9 Å². The lowest BCUT2D eigenvalue weighted by molar-refractivity contribution is 0.414. The quantitative estimate of drug-likeness (QED) is 0.599. The Morgan fingerprint density at radius 1 is 1.30 bits per heavy atom. The molecule has 1 aromatic carbocycles. The SMILES string of the molecule is CCNC(=NCc1ccc(OC)cc1)NCC(C)SC. The fourth-order valence-electron chi connectivity index (χ4n) is 1.57. The van der Waals surface area contributed by atoms with Gasteiger partial charge in [-0.3, -0.25) is 0 Å². The van der Waals surface area contributed by atoms with E-state index in [0.29, 0.717) is 11.8 Å². The van der Waals surface area contributed by atoms with Crippen LogP contribution in [0.25, 0.3) is 0 Å². The summed E-state index contributed by atoms with van der Waals surface area (Å²) in [5.74, 6) is 1.74. The third-order valence-corrected chi connectivity index (χ3v) is 3.85. The van der Waals surface area contributed by atoms with Gasteiger partial charge in [0, 0.05) is 18.3 Å². The predicted molar refractivity (Wildman–Crippen MR) is 88.8 cm³/mol. The molecule has 5 heteroatoms. The minimum absolute atomic E-state index is 0.569. The Bertz CT molecular complexity index is 406. The third-order valence-electron chi connectivity index (χ3n) is 2.88. The van der Waals surface area contributed by atoms with Crippen molar-refractivity contribution in [3.05, 3.63) is 29.8 Å². The van der Waals surface area contributed by atoms with Crippen molar-refractivity contribution in [3.8, 4) is 5.75 Å². The second kappa shape index (κ2) is 9.53. The maximum atomic E-state index is 5.15. The van der Waals surface area contributed by atoms with E-state index >= 15 is 0 Å². The molecule has 0 aliphatic heterocycles. The number of aliphatic imine (C=N–C) groups is 1. The Kier molecular flexibility index (Phi) is 7.95. The summed E-state index contributed by atoms with van der Waals surface area (Å²) in [5, 5.41) is 7.19. The molecule has 1 unspecified atom stereocenters. The molecule has 0 amide bonds. The number of benzene rings is 1. The zero-order chi connectivity index (χ0) is 14.8. The number of guanidine groups is 1. The molecule has 0 bridgehead atoms. The topological polar surface area (TPSA) is 45.7 Å². The smallest absolute Gasteiger partial charge is 0.191 e. The van der Waals surface area contributed by atoms with Gasteiger partial charge in [-0.15, -0.1) is 0 Å². The first-order valence-electron chi connectivity index (χ1n) is 6.87. The molecule has 0 saturated heterocycles. The molecule has 0 aliphatic rings. The van der Waals surface area contributed by atoms with Gasteiger partial charge in [0.25, 0.3) is 0 Å². The number of thioether (sulfide) groups is 1. The van der Waals surface area contributed by atoms with Crippen molar-refractivity contribution < 1.29 is 4.74 Å². The predicted octanol–water partition coefficient (Wildman–Crippen LogP) is 2.50. The van der Waals surface area contributed by atoms with Crippen molar-refractivity contribution in [1.82, 2.24) is 10.6 Å². The van der Waals surface area contributed by atoms with Crippen LogP contribution in [0.15, 0.2) is 29.3 Å². The van der Waals surface area contributed by atoms with Crippen molar-refractivity contribution in [1.29, 1.82) is 0 Å². The number of nitrogens with zero attached hydrogens (tertiary/aromatic N) is 1. The van der Waals surface area contributed by atoms with Gasteiger partial charge in [0.2, 0.25) is 0 Å². The molecule has 0 aromatic heterocycles. The fraction of sp³-hybridized carbons (Fsp3) is 0.533. The monoisotopic (exact) mass is 295 g/mol. The van der Waals surface area contributed by atoms with Crippen LogP contribution in [-0.4, -0.2) is 37.7 Å². The summed E-state index contributed by atoms with van der Waals surface area (Å²) in [5.41, 5.74) is 1.17. The van der Waals surface area contributed by atoms with Gasteiger partial charge in [0.05, 0.1) is 13.7 Å². The molecule has 20 heavy (non-hydrogen) atoms. The Labute approximate surface area is 126 Å². The lowest BCUT2D eigenvalue weighted by atomic mass is 10.2. The van der Waals surface area contributed by atoms with Crippen LogP contribution in [0.1, 0.15) is 19.4 Å². The number of hydrogen-bond donors (Lipinski definition) is 2. The van der Waals surface area contributed by atoms with E-state index in [4.69, 9.17) is 4.74 Å². The fourth-order valence-corrected chi connectivity index (χ4v) is 1.82. The summed E-state index contributed by atoms with van der Waals surface area (Å²) in [6.45, 7) is 6.71. The first-order valence-corrected chi connectivity index (χ1v) is 8.16. The maximum absolute atomic E-state index is 5.15. The van der Waals surface area contributed by atoms with E-state index in [1.807, 2.05) is 36.0 Å². The highest BCUT2D eigenvalue weighted by atomic mass is 32.2. The lowest BCUT2D eigenvalue weighted by Crippen LogP contribution is -2.40. The van der Waals surface area contributed by atoms with Crippen LogP contribution in [-0.2, 0) is 6.54 Å². The molecule has 112 valence electrons. The van der Waals surface area contributed by atoms with E-state index in [0.717, 1.165) is 24.8 Å². The molecular formula is C15H25N3OS. The van der Waals surface area contributed by atoms with Crippen molar-refractivity contribution >= 4 is 17.7 Å². The lowest BCUT2D eigenvalue weighted by Gasteiger charge is -2.14. The van der Waals surface area contributed by atoms with Crippen molar-refractivity contribution in [2.75, 3.05) is 26.5 Å². The highest BCUT2D eigenvalue weighted by Gasteiger charge is 2.02. The van der Waals surface area contributed by atoms with Gasteiger partial charge in [-0.25, -0.2) is 4.99 Å². The van der Waals surface area contributed by atoms with Crippen LogP contribution in [0.3, 0.4) is 0 Å². The Hall–Kier alpha value is -1.36. The van der Waals surface area contributed by atoms with Gasteiger partial charge in [0.15, 0.2) is 5.96 Å². The maximum Gasteiger partial charge on any atom is 0.191 e. The minimum Gasteiger partial charge on any atom is -0.497 e. The first-order chi connectivity index (χ1) is 9.69. The molecule has 4 nitrogen and oxygen atoms in total. The van der Waals surface area contributed by atoms with E-state index < -0.39 is 0 Å². The van der Waals surface area contributed by atoms with Crippen molar-refractivity contribution in [3.63, 3.8) is 0 Å². The normalized spacial score (nSPS) is 12.9. The average Bonchev–Trinajstić information content (AvgIpc) is 2.50. The Morgan fingerprint density at radius 2 is 2.00 bits per heavy atom. The van der Waals surface area contributed by atoms with Gasteiger partial charge in [-0.2, -0.15) is 11.8 Å². The van der Waals surface area contributed by atoms with Crippen LogP contribution in [0, 0.1) is 0 Å². The number of methoxy groups -OCH3 is 1. The minimum atomic E-state index is 0.569. The zero-order valence-electron chi connectivity index (χ0n) is 12.8. The largest absolute Gasteiger partial charge is 0.497 e. The second-order valence-electron chi connectivity index (χ2n) is 4.47. The molecule has 0 aliphatic carbocycles. The summed E-state index contributed by atoms with van der Waals surface area (Å²) in [4.78, 5) is 4.59. The summed E-state index contributed by atoms with van der Waals surface area (Å²) in [6, 6.07) is 7.99. The highest BCUT2D eigenvalue weighted by Crippen LogP contribution is 2.11. The summed E-state index contributed by atoms with van der Waals surface area (Å²) in [6.07, 6.45) is 2.12. The second-order valence-corrected chi connectivity index (χ2v) is 5.75. The molecule has 0 fully saturated rings.